The number of amides is 1. The van der Waals surface area contributed by atoms with Gasteiger partial charge in [0.1, 0.15) is 5.15 Å². The highest BCUT2D eigenvalue weighted by molar-refractivity contribution is 6.30. The van der Waals surface area contributed by atoms with Crippen molar-refractivity contribution >= 4 is 17.5 Å². The largest absolute Gasteiger partial charge is 0.383 e. The SMILES string of the molecule is COCCNC(=O)CN1CCN(Cc2c(C)nn(Cc3ccccc3)c2Cl)CC1. The minimum Gasteiger partial charge on any atom is -0.383 e. The lowest BCUT2D eigenvalue weighted by atomic mass is 10.2. The van der Waals surface area contributed by atoms with Crippen LogP contribution in [0.4, 0.5) is 0 Å². The highest BCUT2D eigenvalue weighted by Crippen LogP contribution is 2.23. The summed E-state index contributed by atoms with van der Waals surface area (Å²) in [5, 5.41) is 8.23. The number of methoxy groups -OCH3 is 1. The first-order chi connectivity index (χ1) is 14.1. The molecule has 1 aliphatic heterocycles. The topological polar surface area (TPSA) is 62.6 Å². The van der Waals surface area contributed by atoms with Gasteiger partial charge in [0.15, 0.2) is 0 Å². The predicted octanol–water partition coefficient (Wildman–Crippen LogP) is 1.77. The Bertz CT molecular complexity index is 788. The van der Waals surface area contributed by atoms with Gasteiger partial charge in [0.25, 0.3) is 0 Å². The van der Waals surface area contributed by atoms with Crippen LogP contribution >= 0.6 is 11.6 Å². The lowest BCUT2D eigenvalue weighted by Gasteiger charge is -2.34. The van der Waals surface area contributed by atoms with Crippen molar-refractivity contribution < 1.29 is 9.53 Å². The number of halogens is 1. The molecule has 8 heteroatoms. The molecule has 0 bridgehead atoms. The van der Waals surface area contributed by atoms with E-state index in [1.165, 1.54) is 5.56 Å². The van der Waals surface area contributed by atoms with Crippen LogP contribution in [0.25, 0.3) is 0 Å². The molecule has 3 rings (SSSR count). The number of aryl methyl sites for hydroxylation is 1. The fourth-order valence-corrected chi connectivity index (χ4v) is 3.81. The molecule has 1 aromatic carbocycles. The van der Waals surface area contributed by atoms with Gasteiger partial charge in [-0.15, -0.1) is 0 Å². The highest BCUT2D eigenvalue weighted by atomic mass is 35.5. The van der Waals surface area contributed by atoms with E-state index < -0.39 is 0 Å². The number of carbonyl (C=O) groups excluding carboxylic acids is 1. The van der Waals surface area contributed by atoms with Crippen LogP contribution in [0.2, 0.25) is 5.15 Å². The van der Waals surface area contributed by atoms with Gasteiger partial charge in [0, 0.05) is 51.9 Å². The molecule has 0 spiro atoms. The van der Waals surface area contributed by atoms with E-state index in [1.54, 1.807) is 7.11 Å². The zero-order chi connectivity index (χ0) is 20.6. The number of hydrogen-bond acceptors (Lipinski definition) is 5. The summed E-state index contributed by atoms with van der Waals surface area (Å²) in [6.45, 7) is 8.56. The fraction of sp³-hybridized carbons (Fsp3) is 0.524. The van der Waals surface area contributed by atoms with Gasteiger partial charge in [-0.2, -0.15) is 5.10 Å². The second kappa shape index (κ2) is 10.7. The van der Waals surface area contributed by atoms with Crippen molar-refractivity contribution in [1.82, 2.24) is 24.9 Å². The van der Waals surface area contributed by atoms with E-state index in [0.717, 1.165) is 44.0 Å². The Morgan fingerprint density at radius 2 is 1.83 bits per heavy atom. The van der Waals surface area contributed by atoms with Crippen molar-refractivity contribution in [2.75, 3.05) is 53.0 Å². The van der Waals surface area contributed by atoms with Crippen LogP contribution in [0.1, 0.15) is 16.8 Å². The molecule has 1 N–H and O–H groups in total. The number of carbonyl (C=O) groups is 1. The van der Waals surface area contributed by atoms with E-state index >= 15 is 0 Å². The average molecular weight is 420 g/mol. The van der Waals surface area contributed by atoms with E-state index in [0.29, 0.717) is 31.4 Å². The molecular weight excluding hydrogens is 390 g/mol. The molecule has 0 saturated carbocycles. The first kappa shape index (κ1) is 21.8. The van der Waals surface area contributed by atoms with Crippen LogP contribution in [-0.4, -0.2) is 78.5 Å². The van der Waals surface area contributed by atoms with E-state index in [4.69, 9.17) is 16.3 Å². The fourth-order valence-electron chi connectivity index (χ4n) is 3.51. The molecule has 2 heterocycles. The molecule has 0 unspecified atom stereocenters. The molecule has 2 aromatic rings. The van der Waals surface area contributed by atoms with Crippen LogP contribution in [0.5, 0.6) is 0 Å². The Balaban J connectivity index is 1.50. The predicted molar refractivity (Wildman–Crippen MR) is 114 cm³/mol. The van der Waals surface area contributed by atoms with Gasteiger partial charge in [-0.25, -0.2) is 4.68 Å². The summed E-state index contributed by atoms with van der Waals surface area (Å²) >= 11 is 6.66. The van der Waals surface area contributed by atoms with Crippen molar-refractivity contribution in [3.05, 3.63) is 52.3 Å². The summed E-state index contributed by atoms with van der Waals surface area (Å²) in [6, 6.07) is 10.2. The van der Waals surface area contributed by atoms with Gasteiger partial charge < -0.3 is 10.1 Å². The van der Waals surface area contributed by atoms with Crippen LogP contribution in [-0.2, 0) is 22.6 Å². The lowest BCUT2D eigenvalue weighted by molar-refractivity contribution is -0.122. The Kier molecular flexibility index (Phi) is 8.06. The minimum absolute atomic E-state index is 0.0524. The van der Waals surface area contributed by atoms with Gasteiger partial charge >= 0.3 is 0 Å². The number of rotatable bonds is 9. The first-order valence-corrected chi connectivity index (χ1v) is 10.4. The van der Waals surface area contributed by atoms with Crippen molar-refractivity contribution in [2.24, 2.45) is 0 Å². The molecule has 1 saturated heterocycles. The number of nitrogens with zero attached hydrogens (tertiary/aromatic N) is 4. The molecule has 0 radical (unpaired) electrons. The molecule has 1 aliphatic rings. The van der Waals surface area contributed by atoms with Crippen molar-refractivity contribution in [3.63, 3.8) is 0 Å². The maximum Gasteiger partial charge on any atom is 0.234 e. The summed E-state index contributed by atoms with van der Waals surface area (Å²) < 4.78 is 6.83. The molecule has 29 heavy (non-hydrogen) atoms. The third-order valence-corrected chi connectivity index (χ3v) is 5.62. The standard InChI is InChI=1S/C21H30ClN5O2/c1-17-19(21(22)27(24-17)14-18-6-4-3-5-7-18)15-25-9-11-26(12-10-25)16-20(28)23-8-13-29-2/h3-7H,8-16H2,1-2H3,(H,23,28). The molecule has 158 valence electrons. The van der Waals surface area contributed by atoms with Gasteiger partial charge in [0.2, 0.25) is 5.91 Å². The lowest BCUT2D eigenvalue weighted by Crippen LogP contribution is -2.49. The van der Waals surface area contributed by atoms with E-state index in [-0.39, 0.29) is 5.91 Å². The number of ether oxygens (including phenoxy) is 1. The number of hydrogen-bond donors (Lipinski definition) is 1. The maximum atomic E-state index is 12.0. The second-order valence-corrected chi connectivity index (χ2v) is 7.75. The summed E-state index contributed by atoms with van der Waals surface area (Å²) in [4.78, 5) is 16.5. The Labute approximate surface area is 177 Å². The van der Waals surface area contributed by atoms with Gasteiger partial charge in [-0.05, 0) is 12.5 Å². The Hall–Kier alpha value is -1.93. The third-order valence-electron chi connectivity index (χ3n) is 5.20. The van der Waals surface area contributed by atoms with Gasteiger partial charge in [-0.1, -0.05) is 41.9 Å². The molecule has 7 nitrogen and oxygen atoms in total. The number of nitrogens with one attached hydrogen (secondary N) is 1. The second-order valence-electron chi connectivity index (χ2n) is 7.39. The summed E-state index contributed by atoms with van der Waals surface area (Å²) in [5.41, 5.74) is 3.25. The number of benzene rings is 1. The first-order valence-electron chi connectivity index (χ1n) is 10.0. The molecule has 1 amide bonds. The third kappa shape index (κ3) is 6.27. The van der Waals surface area contributed by atoms with E-state index in [1.807, 2.05) is 29.8 Å². The van der Waals surface area contributed by atoms with E-state index in [2.05, 4.69) is 32.3 Å². The van der Waals surface area contributed by atoms with Gasteiger partial charge in [-0.3, -0.25) is 14.6 Å². The smallest absolute Gasteiger partial charge is 0.234 e. The zero-order valence-corrected chi connectivity index (χ0v) is 18.0. The highest BCUT2D eigenvalue weighted by Gasteiger charge is 2.22. The summed E-state index contributed by atoms with van der Waals surface area (Å²) in [6.07, 6.45) is 0. The van der Waals surface area contributed by atoms with Crippen molar-refractivity contribution in [2.45, 2.75) is 20.0 Å². The molecule has 0 atom stereocenters. The van der Waals surface area contributed by atoms with Gasteiger partial charge in [0.05, 0.1) is 25.4 Å². The molecule has 0 aliphatic carbocycles. The maximum absolute atomic E-state index is 12.0. The summed E-state index contributed by atoms with van der Waals surface area (Å²) in [5.74, 6) is 0.0524. The van der Waals surface area contributed by atoms with E-state index in [9.17, 15) is 4.79 Å². The van der Waals surface area contributed by atoms with Crippen LogP contribution in [0.15, 0.2) is 30.3 Å². The Morgan fingerprint density at radius 1 is 1.14 bits per heavy atom. The quantitative estimate of drug-likeness (QED) is 0.628. The minimum atomic E-state index is 0.0524. The monoisotopic (exact) mass is 419 g/mol. The number of aromatic nitrogens is 2. The normalized spacial score (nSPS) is 15.6. The van der Waals surface area contributed by atoms with Crippen molar-refractivity contribution in [1.29, 1.82) is 0 Å². The van der Waals surface area contributed by atoms with Crippen LogP contribution in [0.3, 0.4) is 0 Å². The molecule has 1 fully saturated rings. The van der Waals surface area contributed by atoms with Crippen LogP contribution < -0.4 is 5.32 Å². The zero-order valence-electron chi connectivity index (χ0n) is 17.2. The average Bonchev–Trinajstić information content (AvgIpc) is 2.98. The number of piperazine rings is 1. The molecule has 1 aromatic heterocycles. The molecular formula is C21H30ClN5O2. The summed E-state index contributed by atoms with van der Waals surface area (Å²) in [7, 11) is 1.63. The van der Waals surface area contributed by atoms with Crippen molar-refractivity contribution in [3.8, 4) is 0 Å². The van der Waals surface area contributed by atoms with Crippen LogP contribution in [0, 0.1) is 6.92 Å². The Morgan fingerprint density at radius 3 is 2.52 bits per heavy atom.